The second-order valence-electron chi connectivity index (χ2n) is 4.13. The van der Waals surface area contributed by atoms with Crippen molar-refractivity contribution in [3.63, 3.8) is 0 Å². The van der Waals surface area contributed by atoms with E-state index in [-0.39, 0.29) is 6.10 Å². The Hall–Kier alpha value is -0.860. The fourth-order valence-electron chi connectivity index (χ4n) is 1.92. The maximum absolute atomic E-state index is 10.0. The number of aliphatic hydroxyl groups excluding tert-OH is 1. The standard InChI is InChI=1S/C12H17NO/c1-9-4-2-3-5-11(9)12(14)6-10-7-13-8-10/h2-5,10,12-14H,6-8H2,1H3. The van der Waals surface area contributed by atoms with E-state index in [2.05, 4.69) is 18.3 Å². The summed E-state index contributed by atoms with van der Waals surface area (Å²) in [5, 5.41) is 13.2. The molecule has 0 aliphatic carbocycles. The molecule has 0 aromatic heterocycles. The molecule has 0 amide bonds. The number of hydrogen-bond donors (Lipinski definition) is 2. The minimum atomic E-state index is -0.289. The highest BCUT2D eigenvalue weighted by molar-refractivity contribution is 5.27. The molecule has 14 heavy (non-hydrogen) atoms. The summed E-state index contributed by atoms with van der Waals surface area (Å²) in [6, 6.07) is 8.07. The zero-order chi connectivity index (χ0) is 9.97. The van der Waals surface area contributed by atoms with Crippen molar-refractivity contribution in [1.29, 1.82) is 0 Å². The monoisotopic (exact) mass is 191 g/mol. The van der Waals surface area contributed by atoms with Crippen LogP contribution in [0.25, 0.3) is 0 Å². The van der Waals surface area contributed by atoms with Crippen LogP contribution in [0.4, 0.5) is 0 Å². The second-order valence-corrected chi connectivity index (χ2v) is 4.13. The lowest BCUT2D eigenvalue weighted by Gasteiger charge is -2.29. The van der Waals surface area contributed by atoms with E-state index in [1.54, 1.807) is 0 Å². The van der Waals surface area contributed by atoms with E-state index in [1.165, 1.54) is 5.56 Å². The van der Waals surface area contributed by atoms with Gasteiger partial charge in [0.2, 0.25) is 0 Å². The van der Waals surface area contributed by atoms with Crippen LogP contribution in [-0.2, 0) is 0 Å². The summed E-state index contributed by atoms with van der Waals surface area (Å²) in [4.78, 5) is 0. The van der Waals surface area contributed by atoms with Crippen LogP contribution in [0, 0.1) is 12.8 Å². The number of aliphatic hydroxyl groups is 1. The summed E-state index contributed by atoms with van der Waals surface area (Å²) in [5.74, 6) is 0.657. The van der Waals surface area contributed by atoms with E-state index in [1.807, 2.05) is 18.2 Å². The molecule has 0 radical (unpaired) electrons. The van der Waals surface area contributed by atoms with E-state index in [0.29, 0.717) is 5.92 Å². The average Bonchev–Trinajstić information content (AvgIpc) is 2.12. The first-order chi connectivity index (χ1) is 6.77. The Kier molecular flexibility index (Phi) is 2.85. The lowest BCUT2D eigenvalue weighted by molar-refractivity contribution is 0.126. The third-order valence-corrected chi connectivity index (χ3v) is 2.97. The molecule has 1 saturated heterocycles. The van der Waals surface area contributed by atoms with Crippen LogP contribution in [-0.4, -0.2) is 18.2 Å². The molecule has 1 atom stereocenters. The van der Waals surface area contributed by atoms with Crippen molar-refractivity contribution >= 4 is 0 Å². The predicted molar refractivity (Wildman–Crippen MR) is 57.1 cm³/mol. The molecule has 76 valence electrons. The molecular weight excluding hydrogens is 174 g/mol. The summed E-state index contributed by atoms with van der Waals surface area (Å²) >= 11 is 0. The predicted octanol–water partition coefficient (Wildman–Crippen LogP) is 1.64. The van der Waals surface area contributed by atoms with Gasteiger partial charge in [0.25, 0.3) is 0 Å². The smallest absolute Gasteiger partial charge is 0.0796 e. The quantitative estimate of drug-likeness (QED) is 0.761. The third-order valence-electron chi connectivity index (χ3n) is 2.97. The van der Waals surface area contributed by atoms with Gasteiger partial charge in [-0.3, -0.25) is 0 Å². The zero-order valence-corrected chi connectivity index (χ0v) is 8.53. The summed E-state index contributed by atoms with van der Waals surface area (Å²) < 4.78 is 0. The van der Waals surface area contributed by atoms with Gasteiger partial charge in [-0.25, -0.2) is 0 Å². The molecule has 1 unspecified atom stereocenters. The summed E-state index contributed by atoms with van der Waals surface area (Å²) in [6.07, 6.45) is 0.598. The number of benzene rings is 1. The van der Waals surface area contributed by atoms with Crippen LogP contribution < -0.4 is 5.32 Å². The third kappa shape index (κ3) is 1.97. The van der Waals surface area contributed by atoms with Crippen LogP contribution >= 0.6 is 0 Å². The Labute approximate surface area is 85.0 Å². The molecular formula is C12H17NO. The Morgan fingerprint density at radius 2 is 2.14 bits per heavy atom. The lowest BCUT2D eigenvalue weighted by atomic mass is 9.91. The van der Waals surface area contributed by atoms with Gasteiger partial charge in [-0.05, 0) is 43.5 Å². The molecule has 1 aliphatic rings. The van der Waals surface area contributed by atoms with Gasteiger partial charge in [0.05, 0.1) is 6.10 Å². The highest BCUT2D eigenvalue weighted by atomic mass is 16.3. The van der Waals surface area contributed by atoms with Gasteiger partial charge in [0, 0.05) is 0 Å². The second kappa shape index (κ2) is 4.11. The van der Waals surface area contributed by atoms with E-state index >= 15 is 0 Å². The molecule has 1 heterocycles. The molecule has 1 aliphatic heterocycles. The highest BCUT2D eigenvalue weighted by Gasteiger charge is 2.21. The molecule has 0 bridgehead atoms. The van der Waals surface area contributed by atoms with Gasteiger partial charge in [0.1, 0.15) is 0 Å². The van der Waals surface area contributed by atoms with E-state index in [0.717, 1.165) is 25.1 Å². The van der Waals surface area contributed by atoms with Crippen molar-refractivity contribution < 1.29 is 5.11 Å². The topological polar surface area (TPSA) is 32.3 Å². The van der Waals surface area contributed by atoms with Crippen molar-refractivity contribution in [3.8, 4) is 0 Å². The zero-order valence-electron chi connectivity index (χ0n) is 8.53. The molecule has 2 heteroatoms. The van der Waals surface area contributed by atoms with Crippen molar-refractivity contribution in [2.24, 2.45) is 5.92 Å². The van der Waals surface area contributed by atoms with Gasteiger partial charge >= 0.3 is 0 Å². The first-order valence-corrected chi connectivity index (χ1v) is 5.21. The molecule has 2 nitrogen and oxygen atoms in total. The van der Waals surface area contributed by atoms with Gasteiger partial charge in [-0.15, -0.1) is 0 Å². The number of nitrogens with one attached hydrogen (secondary N) is 1. The Balaban J connectivity index is 2.02. The molecule has 1 fully saturated rings. The largest absolute Gasteiger partial charge is 0.388 e. The first-order valence-electron chi connectivity index (χ1n) is 5.21. The first kappa shape index (κ1) is 9.69. The van der Waals surface area contributed by atoms with Crippen LogP contribution in [0.15, 0.2) is 24.3 Å². The lowest BCUT2D eigenvalue weighted by Crippen LogP contribution is -2.42. The highest BCUT2D eigenvalue weighted by Crippen LogP contribution is 2.25. The normalized spacial score (nSPS) is 19.0. The maximum atomic E-state index is 10.0. The van der Waals surface area contributed by atoms with Crippen LogP contribution in [0.1, 0.15) is 23.7 Å². The molecule has 0 saturated carbocycles. The van der Waals surface area contributed by atoms with E-state index in [4.69, 9.17) is 0 Å². The van der Waals surface area contributed by atoms with Gasteiger partial charge in [-0.1, -0.05) is 24.3 Å². The van der Waals surface area contributed by atoms with Crippen LogP contribution in [0.2, 0.25) is 0 Å². The summed E-state index contributed by atoms with van der Waals surface area (Å²) in [6.45, 7) is 4.17. The molecule has 0 spiro atoms. The molecule has 2 N–H and O–H groups in total. The van der Waals surface area contributed by atoms with Crippen LogP contribution in [0.3, 0.4) is 0 Å². The van der Waals surface area contributed by atoms with Crippen molar-refractivity contribution in [3.05, 3.63) is 35.4 Å². The Morgan fingerprint density at radius 3 is 2.71 bits per heavy atom. The summed E-state index contributed by atoms with van der Waals surface area (Å²) in [5.41, 5.74) is 2.27. The fraction of sp³-hybridized carbons (Fsp3) is 0.500. The van der Waals surface area contributed by atoms with Gasteiger partial charge < -0.3 is 10.4 Å². The van der Waals surface area contributed by atoms with Crippen molar-refractivity contribution in [2.45, 2.75) is 19.4 Å². The average molecular weight is 191 g/mol. The van der Waals surface area contributed by atoms with Gasteiger partial charge in [-0.2, -0.15) is 0 Å². The number of aryl methyl sites for hydroxylation is 1. The molecule has 1 aromatic rings. The maximum Gasteiger partial charge on any atom is 0.0796 e. The van der Waals surface area contributed by atoms with E-state index in [9.17, 15) is 5.11 Å². The fourth-order valence-corrected chi connectivity index (χ4v) is 1.92. The number of rotatable bonds is 3. The Morgan fingerprint density at radius 1 is 1.43 bits per heavy atom. The number of hydrogen-bond acceptors (Lipinski definition) is 2. The SMILES string of the molecule is Cc1ccccc1C(O)CC1CNC1. The summed E-state index contributed by atoms with van der Waals surface area (Å²) in [7, 11) is 0. The van der Waals surface area contributed by atoms with E-state index < -0.39 is 0 Å². The van der Waals surface area contributed by atoms with Crippen molar-refractivity contribution in [2.75, 3.05) is 13.1 Å². The minimum Gasteiger partial charge on any atom is -0.388 e. The van der Waals surface area contributed by atoms with Crippen LogP contribution in [0.5, 0.6) is 0 Å². The minimum absolute atomic E-state index is 0.289. The molecule has 1 aromatic carbocycles. The Bertz CT molecular complexity index is 307. The van der Waals surface area contributed by atoms with Gasteiger partial charge in [0.15, 0.2) is 0 Å². The molecule has 2 rings (SSSR count). The van der Waals surface area contributed by atoms with Crippen molar-refractivity contribution in [1.82, 2.24) is 5.32 Å².